The molecular weight excluding hydrogens is 259 g/mol. The lowest BCUT2D eigenvalue weighted by molar-refractivity contribution is -0.138. The lowest BCUT2D eigenvalue weighted by Crippen LogP contribution is -2.32. The number of hydrogen-bond acceptors (Lipinski definition) is 2. The quantitative estimate of drug-likeness (QED) is 0.850. The number of aromatic nitrogens is 1. The van der Waals surface area contributed by atoms with Crippen LogP contribution in [0.5, 0.6) is 0 Å². The second kappa shape index (κ2) is 5.36. The standard InChI is InChI=1S/C13H18F3NO2/c1-12(2,3)10-7-9(13(14,15)16)8-17(11(10)18)5-6-19-4/h7-8H,5-6H2,1-4H3. The first-order chi connectivity index (χ1) is 8.57. The predicted molar refractivity (Wildman–Crippen MR) is 66.3 cm³/mol. The van der Waals surface area contributed by atoms with Gasteiger partial charge in [0.2, 0.25) is 0 Å². The summed E-state index contributed by atoms with van der Waals surface area (Å²) in [6.45, 7) is 5.42. The van der Waals surface area contributed by atoms with Crippen LogP contribution in [0.2, 0.25) is 0 Å². The molecule has 0 amide bonds. The minimum absolute atomic E-state index is 0.0995. The van der Waals surface area contributed by atoms with Gasteiger partial charge in [0.05, 0.1) is 12.2 Å². The van der Waals surface area contributed by atoms with Gasteiger partial charge >= 0.3 is 6.18 Å². The van der Waals surface area contributed by atoms with Crippen molar-refractivity contribution in [2.24, 2.45) is 0 Å². The summed E-state index contributed by atoms with van der Waals surface area (Å²) >= 11 is 0. The summed E-state index contributed by atoms with van der Waals surface area (Å²) in [5, 5.41) is 0. The molecule has 0 spiro atoms. The van der Waals surface area contributed by atoms with Crippen molar-refractivity contribution in [3.8, 4) is 0 Å². The lowest BCUT2D eigenvalue weighted by Gasteiger charge is -2.21. The smallest absolute Gasteiger partial charge is 0.383 e. The van der Waals surface area contributed by atoms with Crippen molar-refractivity contribution in [3.63, 3.8) is 0 Å². The van der Waals surface area contributed by atoms with Crippen molar-refractivity contribution in [2.45, 2.75) is 38.9 Å². The van der Waals surface area contributed by atoms with Gasteiger partial charge in [-0.2, -0.15) is 13.2 Å². The van der Waals surface area contributed by atoms with Crippen LogP contribution >= 0.6 is 0 Å². The van der Waals surface area contributed by atoms with E-state index in [9.17, 15) is 18.0 Å². The summed E-state index contributed by atoms with van der Waals surface area (Å²) in [4.78, 5) is 12.1. The molecule has 0 saturated heterocycles. The summed E-state index contributed by atoms with van der Waals surface area (Å²) in [5.74, 6) is 0. The molecule has 0 fully saturated rings. The van der Waals surface area contributed by atoms with E-state index in [1.54, 1.807) is 20.8 Å². The molecule has 19 heavy (non-hydrogen) atoms. The fraction of sp³-hybridized carbons (Fsp3) is 0.615. The first-order valence-electron chi connectivity index (χ1n) is 5.88. The Bertz CT molecular complexity index is 498. The predicted octanol–water partition coefficient (Wildman–Crippen LogP) is 2.81. The van der Waals surface area contributed by atoms with Crippen LogP contribution < -0.4 is 5.56 Å². The molecule has 108 valence electrons. The minimum Gasteiger partial charge on any atom is -0.383 e. The van der Waals surface area contributed by atoms with E-state index in [0.717, 1.165) is 16.8 Å². The Morgan fingerprint density at radius 1 is 1.26 bits per heavy atom. The Balaban J connectivity index is 3.44. The molecular formula is C13H18F3NO2. The average molecular weight is 277 g/mol. The van der Waals surface area contributed by atoms with Gasteiger partial charge in [-0.05, 0) is 11.5 Å². The van der Waals surface area contributed by atoms with Gasteiger partial charge in [-0.15, -0.1) is 0 Å². The number of alkyl halides is 3. The molecule has 0 N–H and O–H groups in total. The Hall–Kier alpha value is -1.30. The van der Waals surface area contributed by atoms with Crippen LogP contribution in [0.3, 0.4) is 0 Å². The Morgan fingerprint density at radius 3 is 2.26 bits per heavy atom. The molecule has 1 rings (SSSR count). The lowest BCUT2D eigenvalue weighted by atomic mass is 9.87. The maximum Gasteiger partial charge on any atom is 0.417 e. The summed E-state index contributed by atoms with van der Waals surface area (Å²) in [5.41, 5.74) is -1.71. The minimum atomic E-state index is -4.47. The van der Waals surface area contributed by atoms with E-state index in [-0.39, 0.29) is 18.7 Å². The molecule has 1 heterocycles. The van der Waals surface area contributed by atoms with Gasteiger partial charge < -0.3 is 9.30 Å². The van der Waals surface area contributed by atoms with E-state index in [2.05, 4.69) is 0 Å². The SMILES string of the molecule is COCCn1cc(C(F)(F)F)cc(C(C)(C)C)c1=O. The molecule has 3 nitrogen and oxygen atoms in total. The van der Waals surface area contributed by atoms with Crippen LogP contribution in [-0.2, 0) is 22.9 Å². The molecule has 0 atom stereocenters. The van der Waals surface area contributed by atoms with Gasteiger partial charge in [-0.3, -0.25) is 4.79 Å². The van der Waals surface area contributed by atoms with Crippen LogP contribution in [0.1, 0.15) is 31.9 Å². The third-order valence-electron chi connectivity index (χ3n) is 2.76. The van der Waals surface area contributed by atoms with Crippen LogP contribution in [0.4, 0.5) is 13.2 Å². The monoisotopic (exact) mass is 277 g/mol. The van der Waals surface area contributed by atoms with Gasteiger partial charge in [0.15, 0.2) is 0 Å². The highest BCUT2D eigenvalue weighted by Gasteiger charge is 2.33. The zero-order valence-corrected chi connectivity index (χ0v) is 11.5. The van der Waals surface area contributed by atoms with E-state index in [1.807, 2.05) is 0 Å². The number of nitrogens with zero attached hydrogens (tertiary/aromatic N) is 1. The third-order valence-corrected chi connectivity index (χ3v) is 2.76. The Morgan fingerprint density at radius 2 is 1.84 bits per heavy atom. The molecule has 0 aliphatic carbocycles. The highest BCUT2D eigenvalue weighted by Crippen LogP contribution is 2.31. The van der Waals surface area contributed by atoms with E-state index < -0.39 is 22.7 Å². The fourth-order valence-corrected chi connectivity index (χ4v) is 1.68. The highest BCUT2D eigenvalue weighted by molar-refractivity contribution is 5.27. The molecule has 0 saturated carbocycles. The highest BCUT2D eigenvalue weighted by atomic mass is 19.4. The van der Waals surface area contributed by atoms with Crippen molar-refractivity contribution < 1.29 is 17.9 Å². The van der Waals surface area contributed by atoms with E-state index in [1.165, 1.54) is 7.11 Å². The summed E-state index contributed by atoms with van der Waals surface area (Å²) < 4.78 is 44.4. The third kappa shape index (κ3) is 3.83. The average Bonchev–Trinajstić information content (AvgIpc) is 2.24. The van der Waals surface area contributed by atoms with Crippen molar-refractivity contribution in [1.82, 2.24) is 4.57 Å². The largest absolute Gasteiger partial charge is 0.417 e. The molecule has 1 aromatic rings. The first kappa shape index (κ1) is 15.8. The van der Waals surface area contributed by atoms with Gasteiger partial charge in [0, 0.05) is 25.4 Å². The van der Waals surface area contributed by atoms with Crippen LogP contribution in [0.15, 0.2) is 17.1 Å². The van der Waals surface area contributed by atoms with E-state index >= 15 is 0 Å². The number of hydrogen-bond donors (Lipinski definition) is 0. The van der Waals surface area contributed by atoms with Crippen molar-refractivity contribution in [2.75, 3.05) is 13.7 Å². The number of halogens is 3. The van der Waals surface area contributed by atoms with Gasteiger partial charge in [0.1, 0.15) is 0 Å². The molecule has 0 radical (unpaired) electrons. The van der Waals surface area contributed by atoms with Crippen molar-refractivity contribution in [3.05, 3.63) is 33.7 Å². The maximum atomic E-state index is 12.8. The number of ether oxygens (including phenoxy) is 1. The van der Waals surface area contributed by atoms with Crippen LogP contribution in [-0.4, -0.2) is 18.3 Å². The summed E-state index contributed by atoms with van der Waals surface area (Å²) in [7, 11) is 1.43. The van der Waals surface area contributed by atoms with Crippen LogP contribution in [0.25, 0.3) is 0 Å². The maximum absolute atomic E-state index is 12.8. The topological polar surface area (TPSA) is 31.2 Å². The number of methoxy groups -OCH3 is 1. The zero-order valence-electron chi connectivity index (χ0n) is 11.5. The van der Waals surface area contributed by atoms with Gasteiger partial charge in [-0.25, -0.2) is 0 Å². The number of rotatable bonds is 3. The molecule has 0 unspecified atom stereocenters. The first-order valence-corrected chi connectivity index (χ1v) is 5.88. The molecule has 6 heteroatoms. The molecule has 0 aliphatic rings. The number of pyridine rings is 1. The summed E-state index contributed by atoms with van der Waals surface area (Å²) in [6, 6.07) is 0.936. The van der Waals surface area contributed by atoms with Gasteiger partial charge in [-0.1, -0.05) is 20.8 Å². The second-order valence-electron chi connectivity index (χ2n) is 5.38. The van der Waals surface area contributed by atoms with Crippen molar-refractivity contribution >= 4 is 0 Å². The Kier molecular flexibility index (Phi) is 4.45. The van der Waals surface area contributed by atoms with Crippen molar-refractivity contribution in [1.29, 1.82) is 0 Å². The Labute approximate surface area is 110 Å². The fourth-order valence-electron chi connectivity index (χ4n) is 1.68. The zero-order chi connectivity index (χ0) is 14.8. The van der Waals surface area contributed by atoms with E-state index in [0.29, 0.717) is 0 Å². The summed E-state index contributed by atoms with van der Waals surface area (Å²) in [6.07, 6.45) is -3.63. The van der Waals surface area contributed by atoms with E-state index in [4.69, 9.17) is 4.74 Å². The van der Waals surface area contributed by atoms with Gasteiger partial charge in [0.25, 0.3) is 5.56 Å². The molecule has 0 aromatic carbocycles. The molecule has 0 aliphatic heterocycles. The molecule has 0 bridgehead atoms. The van der Waals surface area contributed by atoms with Crippen LogP contribution in [0, 0.1) is 0 Å². The normalized spacial score (nSPS) is 12.8. The molecule has 1 aromatic heterocycles. The second-order valence-corrected chi connectivity index (χ2v) is 5.38.